The largest absolute Gasteiger partial charge is 0.461 e. The molecule has 0 spiro atoms. The zero-order valence-electron chi connectivity index (χ0n) is 22.2. The highest BCUT2D eigenvalue weighted by Crippen LogP contribution is 2.34. The molecule has 0 bridgehead atoms. The van der Waals surface area contributed by atoms with Crippen molar-refractivity contribution in [3.8, 4) is 0 Å². The van der Waals surface area contributed by atoms with E-state index in [0.717, 1.165) is 42.1 Å². The number of ether oxygens (including phenoxy) is 2. The van der Waals surface area contributed by atoms with E-state index in [0.29, 0.717) is 34.7 Å². The van der Waals surface area contributed by atoms with E-state index in [-0.39, 0.29) is 6.61 Å². The minimum Gasteiger partial charge on any atom is -0.461 e. The van der Waals surface area contributed by atoms with E-state index in [9.17, 15) is 9.00 Å². The first-order valence-corrected chi connectivity index (χ1v) is 17.9. The summed E-state index contributed by atoms with van der Waals surface area (Å²) in [7, 11) is -2.33. The minimum absolute atomic E-state index is 0.280. The van der Waals surface area contributed by atoms with E-state index < -0.39 is 23.8 Å². The quantitative estimate of drug-likeness (QED) is 0.186. The molecule has 0 radical (unpaired) electrons. The molecular weight excluding hydrogens is 492 g/mol. The fourth-order valence-electron chi connectivity index (χ4n) is 4.00. The van der Waals surface area contributed by atoms with Crippen LogP contribution in [0.1, 0.15) is 35.9 Å². The predicted molar refractivity (Wildman–Crippen MR) is 145 cm³/mol. The number of hydrogen-bond acceptors (Lipinski definition) is 6. The maximum Gasteiger partial charge on any atom is 0.354 e. The number of carbonyl (C=O) groups excluding carboxylic acids is 1. The van der Waals surface area contributed by atoms with Crippen LogP contribution in [0.15, 0.2) is 44.6 Å². The lowest BCUT2D eigenvalue weighted by molar-refractivity contribution is 0.0515. The summed E-state index contributed by atoms with van der Waals surface area (Å²) in [6, 6.07) is 8.52. The van der Waals surface area contributed by atoms with Gasteiger partial charge in [0, 0.05) is 32.8 Å². The molecule has 1 atom stereocenters. The van der Waals surface area contributed by atoms with Crippen molar-refractivity contribution in [3.05, 3.63) is 41.9 Å². The summed E-state index contributed by atoms with van der Waals surface area (Å²) in [5.74, 6) is 0.0586. The summed E-state index contributed by atoms with van der Waals surface area (Å²) in [6.45, 7) is 12.6. The Hall–Kier alpha value is -2.43. The van der Waals surface area contributed by atoms with Crippen LogP contribution in [-0.4, -0.2) is 52.4 Å². The van der Waals surface area contributed by atoms with Crippen LogP contribution in [0.25, 0.3) is 10.9 Å². The molecule has 0 N–H and O–H groups in total. The highest BCUT2D eigenvalue weighted by Gasteiger charge is 2.28. The molecule has 1 aliphatic rings. The Bertz CT molecular complexity index is 1370. The van der Waals surface area contributed by atoms with Crippen LogP contribution in [0, 0.1) is 12.8 Å². The first kappa shape index (κ1) is 26.6. The van der Waals surface area contributed by atoms with Gasteiger partial charge in [-0.3, -0.25) is 0 Å². The van der Waals surface area contributed by atoms with Crippen molar-refractivity contribution in [2.45, 2.75) is 68.9 Å². The van der Waals surface area contributed by atoms with Crippen LogP contribution < -0.4 is 0 Å². The molecule has 0 amide bonds. The van der Waals surface area contributed by atoms with E-state index in [4.69, 9.17) is 13.8 Å². The Morgan fingerprint density at radius 2 is 2.00 bits per heavy atom. The highest BCUT2D eigenvalue weighted by molar-refractivity contribution is 7.93. The molecule has 2 aromatic heterocycles. The summed E-state index contributed by atoms with van der Waals surface area (Å²) in [5, 5.41) is 5.39. The number of aromatic nitrogens is 3. The molecule has 36 heavy (non-hydrogen) atoms. The van der Waals surface area contributed by atoms with Gasteiger partial charge in [-0.15, -0.1) is 0 Å². The van der Waals surface area contributed by atoms with Crippen LogP contribution >= 0.6 is 0 Å². The molecule has 10 heteroatoms. The van der Waals surface area contributed by atoms with Crippen LogP contribution in [0.4, 0.5) is 0 Å². The van der Waals surface area contributed by atoms with Gasteiger partial charge in [-0.2, -0.15) is 5.10 Å². The van der Waals surface area contributed by atoms with Gasteiger partial charge in [-0.25, -0.2) is 18.0 Å². The zero-order chi connectivity index (χ0) is 26.1. The van der Waals surface area contributed by atoms with Crippen molar-refractivity contribution in [1.29, 1.82) is 0 Å². The van der Waals surface area contributed by atoms with Crippen molar-refractivity contribution >= 4 is 34.7 Å². The standard InChI is InChI=1S/C26H38N4O4SSi/c1-7-34-26(31)24-15-25(19(2)29(24)3)35(32,28-16-20-8-9-20)22-10-11-23-21(14-22)17-27-30(23)18-33-12-13-36(4,5)6/h10-11,14-15,17,20H,7-9,12-13,16,18H2,1-6H3. The monoisotopic (exact) mass is 530 g/mol. The highest BCUT2D eigenvalue weighted by atomic mass is 32.2. The Labute approximate surface area is 215 Å². The average Bonchev–Trinajstić information content (AvgIpc) is 3.50. The summed E-state index contributed by atoms with van der Waals surface area (Å²) in [4.78, 5) is 13.7. The summed E-state index contributed by atoms with van der Waals surface area (Å²) < 4.78 is 34.1. The summed E-state index contributed by atoms with van der Waals surface area (Å²) in [6.07, 6.45) is 4.01. The number of benzene rings is 1. The van der Waals surface area contributed by atoms with Gasteiger partial charge in [-0.1, -0.05) is 19.6 Å². The second kappa shape index (κ2) is 10.5. The third kappa shape index (κ3) is 5.76. The maximum absolute atomic E-state index is 14.7. The Morgan fingerprint density at radius 3 is 2.67 bits per heavy atom. The number of hydrogen-bond donors (Lipinski definition) is 0. The van der Waals surface area contributed by atoms with Gasteiger partial charge in [0.1, 0.15) is 22.2 Å². The van der Waals surface area contributed by atoms with Gasteiger partial charge in [0.25, 0.3) is 0 Å². The van der Waals surface area contributed by atoms with E-state index in [1.807, 2.05) is 29.8 Å². The van der Waals surface area contributed by atoms with Crippen LogP contribution in [0.5, 0.6) is 0 Å². The molecule has 0 aliphatic heterocycles. The zero-order valence-corrected chi connectivity index (χ0v) is 24.1. The van der Waals surface area contributed by atoms with E-state index in [2.05, 4.69) is 24.7 Å². The first-order chi connectivity index (χ1) is 17.0. The Balaban J connectivity index is 1.69. The lowest BCUT2D eigenvalue weighted by Crippen LogP contribution is -2.22. The summed E-state index contributed by atoms with van der Waals surface area (Å²) in [5.41, 5.74) is 2.05. The topological polar surface area (TPSA) is 87.7 Å². The number of carbonyl (C=O) groups is 1. The molecule has 1 aliphatic carbocycles. The molecule has 4 rings (SSSR count). The molecule has 196 valence electrons. The van der Waals surface area contributed by atoms with Crippen molar-refractivity contribution in [2.24, 2.45) is 17.3 Å². The van der Waals surface area contributed by atoms with Crippen molar-refractivity contribution in [1.82, 2.24) is 14.3 Å². The second-order valence-electron chi connectivity index (χ2n) is 10.8. The van der Waals surface area contributed by atoms with E-state index >= 15 is 0 Å². The normalized spacial score (nSPS) is 15.7. The Morgan fingerprint density at radius 1 is 1.25 bits per heavy atom. The molecule has 1 fully saturated rings. The van der Waals surface area contributed by atoms with Gasteiger partial charge in [0.15, 0.2) is 0 Å². The van der Waals surface area contributed by atoms with Gasteiger partial charge < -0.3 is 14.0 Å². The molecular formula is C26H38N4O4SSi. The number of esters is 1. The molecule has 1 unspecified atom stereocenters. The lowest BCUT2D eigenvalue weighted by Gasteiger charge is -2.15. The fraction of sp³-hybridized carbons (Fsp3) is 0.538. The van der Waals surface area contributed by atoms with Crippen LogP contribution in [-0.2, 0) is 33.0 Å². The summed E-state index contributed by atoms with van der Waals surface area (Å²) >= 11 is 0. The smallest absolute Gasteiger partial charge is 0.354 e. The first-order valence-electron chi connectivity index (χ1n) is 12.6. The van der Waals surface area contributed by atoms with Gasteiger partial charge in [0.2, 0.25) is 0 Å². The molecule has 1 saturated carbocycles. The molecule has 0 saturated heterocycles. The predicted octanol–water partition coefficient (Wildman–Crippen LogP) is 5.47. The van der Waals surface area contributed by atoms with Crippen LogP contribution in [0.2, 0.25) is 25.7 Å². The Kier molecular flexibility index (Phi) is 7.77. The molecule has 2 heterocycles. The average molecular weight is 531 g/mol. The second-order valence-corrected chi connectivity index (χ2v) is 18.6. The maximum atomic E-state index is 14.7. The fourth-order valence-corrected chi connectivity index (χ4v) is 7.07. The number of nitrogens with zero attached hydrogens (tertiary/aromatic N) is 4. The number of rotatable bonds is 11. The van der Waals surface area contributed by atoms with E-state index in [1.165, 1.54) is 0 Å². The molecule has 8 nitrogen and oxygen atoms in total. The molecule has 1 aromatic carbocycles. The number of fused-ring (bicyclic) bond motifs is 1. The van der Waals surface area contributed by atoms with Gasteiger partial charge >= 0.3 is 5.97 Å². The third-order valence-corrected chi connectivity index (χ3v) is 10.7. The molecule has 3 aromatic rings. The SMILES string of the molecule is CCOC(=O)c1cc(S(=O)(=NCC2CC2)c2ccc3c(cnn3COCC[Si](C)(C)C)c2)c(C)n1C. The third-order valence-electron chi connectivity index (χ3n) is 6.63. The van der Waals surface area contributed by atoms with Crippen molar-refractivity contribution < 1.29 is 18.5 Å². The van der Waals surface area contributed by atoms with Gasteiger partial charge in [0.05, 0.1) is 34.7 Å². The minimum atomic E-state index is -2.97. The van der Waals surface area contributed by atoms with Crippen molar-refractivity contribution in [3.63, 3.8) is 0 Å². The van der Waals surface area contributed by atoms with Crippen LogP contribution in [0.3, 0.4) is 0 Å². The van der Waals surface area contributed by atoms with Crippen molar-refractivity contribution in [2.75, 3.05) is 19.8 Å². The van der Waals surface area contributed by atoms with Gasteiger partial charge in [-0.05, 0) is 62.9 Å². The van der Waals surface area contributed by atoms with E-state index in [1.54, 1.807) is 30.8 Å². The lowest BCUT2D eigenvalue weighted by atomic mass is 10.2.